The van der Waals surface area contributed by atoms with E-state index in [1.807, 2.05) is 6.92 Å². The average molecular weight is 378 g/mol. The number of rotatable bonds is 6. The molecule has 2 fully saturated rings. The fraction of sp³-hybridized carbons (Fsp3) is 0.579. The molecular formula is C19H26N2O6. The zero-order valence-corrected chi connectivity index (χ0v) is 15.5. The highest BCUT2D eigenvalue weighted by molar-refractivity contribution is 5.89. The second-order valence-electron chi connectivity index (χ2n) is 6.75. The minimum absolute atomic E-state index is 0.0235. The molecule has 0 saturated carbocycles. The fourth-order valence-corrected chi connectivity index (χ4v) is 3.02. The van der Waals surface area contributed by atoms with E-state index in [1.54, 1.807) is 18.2 Å². The Kier molecular flexibility index (Phi) is 6.89. The van der Waals surface area contributed by atoms with Gasteiger partial charge in [0.05, 0.1) is 12.2 Å². The van der Waals surface area contributed by atoms with Crippen molar-refractivity contribution in [1.29, 1.82) is 0 Å². The van der Waals surface area contributed by atoms with E-state index in [0.717, 1.165) is 31.2 Å². The highest BCUT2D eigenvalue weighted by atomic mass is 16.6. The van der Waals surface area contributed by atoms with Crippen LogP contribution in [-0.4, -0.2) is 50.8 Å². The van der Waals surface area contributed by atoms with Crippen LogP contribution in [0.25, 0.3) is 0 Å². The van der Waals surface area contributed by atoms with Crippen molar-refractivity contribution in [2.45, 2.75) is 44.8 Å². The second-order valence-corrected chi connectivity index (χ2v) is 6.75. The third kappa shape index (κ3) is 6.11. The van der Waals surface area contributed by atoms with E-state index in [0.29, 0.717) is 24.6 Å². The van der Waals surface area contributed by atoms with Gasteiger partial charge in [0.25, 0.3) is 0 Å². The first kappa shape index (κ1) is 19.4. The van der Waals surface area contributed by atoms with Gasteiger partial charge in [-0.05, 0) is 50.3 Å². The van der Waals surface area contributed by atoms with Crippen molar-refractivity contribution >= 4 is 23.6 Å². The lowest BCUT2D eigenvalue weighted by atomic mass is 10.2. The van der Waals surface area contributed by atoms with Crippen LogP contribution >= 0.6 is 0 Å². The maximum absolute atomic E-state index is 12.0. The summed E-state index contributed by atoms with van der Waals surface area (Å²) in [5.41, 5.74) is 1.93. The molecule has 2 amide bonds. The van der Waals surface area contributed by atoms with Crippen LogP contribution < -0.4 is 10.6 Å². The van der Waals surface area contributed by atoms with Crippen molar-refractivity contribution in [1.82, 2.24) is 0 Å². The van der Waals surface area contributed by atoms with E-state index in [9.17, 15) is 9.59 Å². The summed E-state index contributed by atoms with van der Waals surface area (Å²) < 4.78 is 21.2. The number of nitrogens with one attached hydrogen (secondary N) is 2. The van der Waals surface area contributed by atoms with Crippen molar-refractivity contribution in [3.63, 3.8) is 0 Å². The molecular weight excluding hydrogens is 352 g/mol. The Labute approximate surface area is 158 Å². The summed E-state index contributed by atoms with van der Waals surface area (Å²) in [6.07, 6.45) is 2.64. The zero-order chi connectivity index (χ0) is 19.1. The largest absolute Gasteiger partial charge is 0.447 e. The first-order valence-corrected chi connectivity index (χ1v) is 9.31. The Bertz CT molecular complexity index is 654. The van der Waals surface area contributed by atoms with Gasteiger partial charge in [-0.15, -0.1) is 0 Å². The summed E-state index contributed by atoms with van der Waals surface area (Å²) in [6.45, 7) is 3.75. The van der Waals surface area contributed by atoms with Crippen LogP contribution in [0.15, 0.2) is 18.2 Å². The third-order valence-electron chi connectivity index (χ3n) is 4.57. The van der Waals surface area contributed by atoms with E-state index in [4.69, 9.17) is 18.9 Å². The van der Waals surface area contributed by atoms with Crippen molar-refractivity contribution in [2.24, 2.45) is 0 Å². The number of benzene rings is 1. The van der Waals surface area contributed by atoms with Gasteiger partial charge in [-0.2, -0.15) is 0 Å². The van der Waals surface area contributed by atoms with Crippen LogP contribution in [0.2, 0.25) is 0 Å². The first-order chi connectivity index (χ1) is 13.1. The molecule has 0 radical (unpaired) electrons. The molecule has 8 nitrogen and oxygen atoms in total. The predicted molar refractivity (Wildman–Crippen MR) is 99.1 cm³/mol. The molecule has 148 valence electrons. The van der Waals surface area contributed by atoms with Crippen molar-refractivity contribution in [3.05, 3.63) is 23.8 Å². The molecule has 0 aromatic heterocycles. The SMILES string of the molecule is Cc1ccc(NC(=O)OCC2CCCO2)cc1NC(=O)OCC1CCCO1. The molecule has 0 bridgehead atoms. The van der Waals surface area contributed by atoms with Crippen LogP contribution in [0.4, 0.5) is 21.0 Å². The number of aryl methyl sites for hydroxylation is 1. The Balaban J connectivity index is 1.47. The molecule has 2 N–H and O–H groups in total. The highest BCUT2D eigenvalue weighted by Crippen LogP contribution is 2.21. The number of amides is 2. The monoisotopic (exact) mass is 378 g/mol. The molecule has 2 heterocycles. The number of anilines is 2. The molecule has 2 saturated heterocycles. The van der Waals surface area contributed by atoms with Gasteiger partial charge in [0.15, 0.2) is 0 Å². The number of carbonyl (C=O) groups is 2. The average Bonchev–Trinajstić information content (AvgIpc) is 3.35. The standard InChI is InChI=1S/C19H26N2O6/c1-13-6-7-14(20-18(22)26-11-15-4-2-8-24-15)10-17(13)21-19(23)27-12-16-5-3-9-25-16/h6-7,10,15-16H,2-5,8-9,11-12H2,1H3,(H,20,22)(H,21,23). The topological polar surface area (TPSA) is 95.1 Å². The molecule has 1 aromatic rings. The maximum Gasteiger partial charge on any atom is 0.411 e. The Hall–Kier alpha value is -2.32. The number of hydrogen-bond donors (Lipinski definition) is 2. The molecule has 2 atom stereocenters. The Morgan fingerprint density at radius 3 is 2.15 bits per heavy atom. The van der Waals surface area contributed by atoms with Crippen molar-refractivity contribution in [3.8, 4) is 0 Å². The van der Waals surface area contributed by atoms with Crippen LogP contribution in [0.1, 0.15) is 31.2 Å². The van der Waals surface area contributed by atoms with E-state index in [1.165, 1.54) is 0 Å². The molecule has 0 spiro atoms. The fourth-order valence-electron chi connectivity index (χ4n) is 3.02. The lowest BCUT2D eigenvalue weighted by Gasteiger charge is -2.14. The number of ether oxygens (including phenoxy) is 4. The minimum Gasteiger partial charge on any atom is -0.447 e. The zero-order valence-electron chi connectivity index (χ0n) is 15.5. The lowest BCUT2D eigenvalue weighted by Crippen LogP contribution is -2.22. The summed E-state index contributed by atoms with van der Waals surface area (Å²) in [6, 6.07) is 5.20. The summed E-state index contributed by atoms with van der Waals surface area (Å²) >= 11 is 0. The number of carbonyl (C=O) groups excluding carboxylic acids is 2. The summed E-state index contributed by atoms with van der Waals surface area (Å²) in [7, 11) is 0. The molecule has 8 heteroatoms. The maximum atomic E-state index is 12.0. The highest BCUT2D eigenvalue weighted by Gasteiger charge is 2.19. The van der Waals surface area contributed by atoms with E-state index < -0.39 is 12.2 Å². The Morgan fingerprint density at radius 1 is 1.00 bits per heavy atom. The van der Waals surface area contributed by atoms with Gasteiger partial charge >= 0.3 is 12.2 Å². The molecule has 2 aliphatic heterocycles. The van der Waals surface area contributed by atoms with Gasteiger partial charge in [-0.25, -0.2) is 9.59 Å². The molecule has 0 aliphatic carbocycles. The van der Waals surface area contributed by atoms with E-state index >= 15 is 0 Å². The molecule has 1 aromatic carbocycles. The van der Waals surface area contributed by atoms with Gasteiger partial charge in [0.2, 0.25) is 0 Å². The normalized spacial score (nSPS) is 21.7. The quantitative estimate of drug-likeness (QED) is 0.787. The lowest BCUT2D eigenvalue weighted by molar-refractivity contribution is 0.0484. The molecule has 2 unspecified atom stereocenters. The van der Waals surface area contributed by atoms with E-state index in [-0.39, 0.29) is 25.4 Å². The van der Waals surface area contributed by atoms with Crippen molar-refractivity contribution < 1.29 is 28.5 Å². The summed E-state index contributed by atoms with van der Waals surface area (Å²) in [5, 5.41) is 5.35. The molecule has 3 rings (SSSR count). The van der Waals surface area contributed by atoms with Gasteiger partial charge < -0.3 is 18.9 Å². The van der Waals surface area contributed by atoms with Crippen LogP contribution in [-0.2, 0) is 18.9 Å². The Morgan fingerprint density at radius 2 is 1.59 bits per heavy atom. The van der Waals surface area contributed by atoms with Crippen LogP contribution in [0.5, 0.6) is 0 Å². The van der Waals surface area contributed by atoms with Gasteiger partial charge in [0.1, 0.15) is 13.2 Å². The predicted octanol–water partition coefficient (Wildman–Crippen LogP) is 3.45. The smallest absolute Gasteiger partial charge is 0.411 e. The minimum atomic E-state index is -0.554. The first-order valence-electron chi connectivity index (χ1n) is 9.31. The van der Waals surface area contributed by atoms with E-state index in [2.05, 4.69) is 10.6 Å². The molecule has 2 aliphatic rings. The summed E-state index contributed by atoms with van der Waals surface area (Å²) in [4.78, 5) is 23.9. The van der Waals surface area contributed by atoms with Gasteiger partial charge in [0, 0.05) is 24.6 Å². The molecule has 27 heavy (non-hydrogen) atoms. The van der Waals surface area contributed by atoms with Gasteiger partial charge in [-0.3, -0.25) is 10.6 Å². The second kappa shape index (κ2) is 9.57. The number of hydrogen-bond acceptors (Lipinski definition) is 6. The summed E-state index contributed by atoms with van der Waals surface area (Å²) in [5.74, 6) is 0. The van der Waals surface area contributed by atoms with Crippen LogP contribution in [0, 0.1) is 6.92 Å². The van der Waals surface area contributed by atoms with Crippen LogP contribution in [0.3, 0.4) is 0 Å². The van der Waals surface area contributed by atoms with Gasteiger partial charge in [-0.1, -0.05) is 6.07 Å². The third-order valence-corrected chi connectivity index (χ3v) is 4.57. The van der Waals surface area contributed by atoms with Crippen molar-refractivity contribution in [2.75, 3.05) is 37.1 Å².